The van der Waals surface area contributed by atoms with Crippen LogP contribution in [0.5, 0.6) is 5.75 Å². The van der Waals surface area contributed by atoms with Gasteiger partial charge in [-0.25, -0.2) is 0 Å². The van der Waals surface area contributed by atoms with E-state index in [0.29, 0.717) is 11.3 Å². The van der Waals surface area contributed by atoms with Crippen LogP contribution in [0.15, 0.2) is 54.7 Å². The number of fused-ring (bicyclic) bond motifs is 1. The van der Waals surface area contributed by atoms with Gasteiger partial charge in [0.15, 0.2) is 0 Å². The highest BCUT2D eigenvalue weighted by atomic mass is 16.5. The minimum Gasteiger partial charge on any atom is -0.497 e. The summed E-state index contributed by atoms with van der Waals surface area (Å²) in [5, 5.41) is 3.95. The molecule has 0 radical (unpaired) electrons. The highest BCUT2D eigenvalue weighted by Gasteiger charge is 2.07. The average molecular weight is 266 g/mol. The summed E-state index contributed by atoms with van der Waals surface area (Å²) in [6, 6.07) is 14.8. The molecule has 0 unspecified atom stereocenters. The molecule has 3 rings (SSSR count). The van der Waals surface area contributed by atoms with Crippen molar-refractivity contribution < 1.29 is 9.53 Å². The Kier molecular flexibility index (Phi) is 3.13. The van der Waals surface area contributed by atoms with Crippen LogP contribution >= 0.6 is 0 Å². The molecular formula is C16H14N2O2. The zero-order chi connectivity index (χ0) is 13.9. The molecule has 100 valence electrons. The standard InChI is InChI=1S/C16H14N2O2/c1-20-14-4-2-3-12(10-14)16(19)18-13-5-6-15-11(9-13)7-8-17-15/h2-10,17H,1H3,(H,18,19). The van der Waals surface area contributed by atoms with Crippen molar-refractivity contribution in [2.45, 2.75) is 0 Å². The van der Waals surface area contributed by atoms with Gasteiger partial charge < -0.3 is 15.0 Å². The number of hydrogen-bond donors (Lipinski definition) is 2. The van der Waals surface area contributed by atoms with Gasteiger partial charge in [0.25, 0.3) is 5.91 Å². The normalized spacial score (nSPS) is 10.4. The van der Waals surface area contributed by atoms with Gasteiger partial charge >= 0.3 is 0 Å². The van der Waals surface area contributed by atoms with Gasteiger partial charge in [-0.15, -0.1) is 0 Å². The Morgan fingerprint density at radius 3 is 2.90 bits per heavy atom. The Balaban J connectivity index is 1.83. The molecule has 0 spiro atoms. The predicted molar refractivity (Wildman–Crippen MR) is 79.2 cm³/mol. The second kappa shape index (κ2) is 5.09. The number of amides is 1. The topological polar surface area (TPSA) is 54.1 Å². The van der Waals surface area contributed by atoms with Crippen molar-refractivity contribution in [3.8, 4) is 5.75 Å². The minimum absolute atomic E-state index is 0.154. The number of aromatic amines is 1. The maximum atomic E-state index is 12.2. The fraction of sp³-hybridized carbons (Fsp3) is 0.0625. The van der Waals surface area contributed by atoms with Gasteiger partial charge in [0.1, 0.15) is 5.75 Å². The largest absolute Gasteiger partial charge is 0.497 e. The summed E-state index contributed by atoms with van der Waals surface area (Å²) in [7, 11) is 1.58. The maximum Gasteiger partial charge on any atom is 0.255 e. The first-order valence-corrected chi connectivity index (χ1v) is 6.29. The number of nitrogens with one attached hydrogen (secondary N) is 2. The molecule has 0 bridgehead atoms. The van der Waals surface area contributed by atoms with Crippen LogP contribution in [0.1, 0.15) is 10.4 Å². The zero-order valence-corrected chi connectivity index (χ0v) is 11.0. The number of methoxy groups -OCH3 is 1. The second-order valence-corrected chi connectivity index (χ2v) is 4.47. The fourth-order valence-electron chi connectivity index (χ4n) is 2.10. The molecule has 0 saturated heterocycles. The number of anilines is 1. The monoisotopic (exact) mass is 266 g/mol. The quantitative estimate of drug-likeness (QED) is 0.763. The molecule has 0 saturated carbocycles. The number of benzene rings is 2. The van der Waals surface area contributed by atoms with Crippen molar-refractivity contribution in [2.75, 3.05) is 12.4 Å². The second-order valence-electron chi connectivity index (χ2n) is 4.47. The molecule has 2 aromatic carbocycles. The number of H-pyrrole nitrogens is 1. The zero-order valence-electron chi connectivity index (χ0n) is 11.0. The molecule has 1 amide bonds. The van der Waals surface area contributed by atoms with E-state index in [9.17, 15) is 4.79 Å². The van der Waals surface area contributed by atoms with E-state index in [-0.39, 0.29) is 5.91 Å². The number of ether oxygens (including phenoxy) is 1. The van der Waals surface area contributed by atoms with Gasteiger partial charge in [0, 0.05) is 28.4 Å². The van der Waals surface area contributed by atoms with Crippen LogP contribution in [0, 0.1) is 0 Å². The molecule has 1 heterocycles. The Bertz CT molecular complexity index is 762. The van der Waals surface area contributed by atoms with Gasteiger partial charge in [0.05, 0.1) is 7.11 Å². The third-order valence-electron chi connectivity index (χ3n) is 3.14. The molecule has 3 aromatic rings. The van der Waals surface area contributed by atoms with Crippen LogP contribution in [-0.2, 0) is 0 Å². The molecule has 0 atom stereocenters. The molecule has 4 nitrogen and oxygen atoms in total. The van der Waals surface area contributed by atoms with E-state index in [0.717, 1.165) is 16.6 Å². The van der Waals surface area contributed by atoms with Crippen molar-refractivity contribution in [1.82, 2.24) is 4.98 Å². The highest BCUT2D eigenvalue weighted by Crippen LogP contribution is 2.19. The summed E-state index contributed by atoms with van der Waals surface area (Å²) in [6.07, 6.45) is 1.87. The lowest BCUT2D eigenvalue weighted by Gasteiger charge is -2.07. The van der Waals surface area contributed by atoms with Gasteiger partial charge in [-0.3, -0.25) is 4.79 Å². The molecule has 0 fully saturated rings. The summed E-state index contributed by atoms with van der Waals surface area (Å²) in [5.41, 5.74) is 2.38. The van der Waals surface area contributed by atoms with E-state index >= 15 is 0 Å². The van der Waals surface area contributed by atoms with Crippen LogP contribution in [-0.4, -0.2) is 18.0 Å². The van der Waals surface area contributed by atoms with Crippen molar-refractivity contribution in [3.05, 3.63) is 60.3 Å². The van der Waals surface area contributed by atoms with E-state index in [2.05, 4.69) is 10.3 Å². The van der Waals surface area contributed by atoms with Crippen LogP contribution < -0.4 is 10.1 Å². The Hall–Kier alpha value is -2.75. The lowest BCUT2D eigenvalue weighted by atomic mass is 10.2. The SMILES string of the molecule is COc1cccc(C(=O)Nc2ccc3[nH]ccc3c2)c1. The van der Waals surface area contributed by atoms with Gasteiger partial charge in [-0.05, 0) is 42.5 Å². The van der Waals surface area contributed by atoms with E-state index in [1.807, 2.05) is 36.5 Å². The molecule has 20 heavy (non-hydrogen) atoms. The van der Waals surface area contributed by atoms with Crippen LogP contribution in [0.2, 0.25) is 0 Å². The minimum atomic E-state index is -0.154. The van der Waals surface area contributed by atoms with Crippen molar-refractivity contribution >= 4 is 22.5 Å². The van der Waals surface area contributed by atoms with Crippen molar-refractivity contribution in [1.29, 1.82) is 0 Å². The molecule has 2 N–H and O–H groups in total. The van der Waals surface area contributed by atoms with E-state index in [1.165, 1.54) is 0 Å². The summed E-state index contributed by atoms with van der Waals surface area (Å²) in [5.74, 6) is 0.512. The van der Waals surface area contributed by atoms with E-state index in [4.69, 9.17) is 4.74 Å². The van der Waals surface area contributed by atoms with E-state index < -0.39 is 0 Å². The lowest BCUT2D eigenvalue weighted by Crippen LogP contribution is -2.11. The van der Waals surface area contributed by atoms with Crippen molar-refractivity contribution in [2.24, 2.45) is 0 Å². The number of carbonyl (C=O) groups excluding carboxylic acids is 1. The molecular weight excluding hydrogens is 252 g/mol. The third-order valence-corrected chi connectivity index (χ3v) is 3.14. The summed E-state index contributed by atoms with van der Waals surface area (Å²) in [4.78, 5) is 15.3. The van der Waals surface area contributed by atoms with Gasteiger partial charge in [-0.2, -0.15) is 0 Å². The van der Waals surface area contributed by atoms with Crippen molar-refractivity contribution in [3.63, 3.8) is 0 Å². The van der Waals surface area contributed by atoms with Gasteiger partial charge in [0.2, 0.25) is 0 Å². The number of rotatable bonds is 3. The average Bonchev–Trinajstić information content (AvgIpc) is 2.95. The van der Waals surface area contributed by atoms with Crippen LogP contribution in [0.25, 0.3) is 10.9 Å². The molecule has 0 aliphatic heterocycles. The van der Waals surface area contributed by atoms with Crippen LogP contribution in [0.4, 0.5) is 5.69 Å². The molecule has 4 heteroatoms. The smallest absolute Gasteiger partial charge is 0.255 e. The number of hydrogen-bond acceptors (Lipinski definition) is 2. The molecule has 1 aromatic heterocycles. The lowest BCUT2D eigenvalue weighted by molar-refractivity contribution is 0.102. The first kappa shape index (κ1) is 12.3. The number of aromatic nitrogens is 1. The Morgan fingerprint density at radius 1 is 1.15 bits per heavy atom. The van der Waals surface area contributed by atoms with E-state index in [1.54, 1.807) is 25.3 Å². The number of carbonyl (C=O) groups is 1. The first-order valence-electron chi connectivity index (χ1n) is 6.29. The first-order chi connectivity index (χ1) is 9.76. The maximum absolute atomic E-state index is 12.2. The highest BCUT2D eigenvalue weighted by molar-refractivity contribution is 6.05. The van der Waals surface area contributed by atoms with Gasteiger partial charge in [-0.1, -0.05) is 6.07 Å². The summed E-state index contributed by atoms with van der Waals surface area (Å²) in [6.45, 7) is 0. The third kappa shape index (κ3) is 2.36. The predicted octanol–water partition coefficient (Wildman–Crippen LogP) is 3.43. The van der Waals surface area contributed by atoms with Crippen LogP contribution in [0.3, 0.4) is 0 Å². The molecule has 0 aliphatic rings. The Labute approximate surface area is 116 Å². The summed E-state index contributed by atoms with van der Waals surface area (Å²) < 4.78 is 5.12. The fourth-order valence-corrected chi connectivity index (χ4v) is 2.10. The summed E-state index contributed by atoms with van der Waals surface area (Å²) >= 11 is 0. The Morgan fingerprint density at radius 2 is 2.05 bits per heavy atom. The molecule has 0 aliphatic carbocycles.